The molecule has 0 amide bonds. The van der Waals surface area contributed by atoms with Gasteiger partial charge in [0.1, 0.15) is 17.1 Å². The Hall–Kier alpha value is -3.08. The van der Waals surface area contributed by atoms with Gasteiger partial charge in [-0.25, -0.2) is 4.98 Å². The molecule has 3 aliphatic rings. The number of ether oxygens (including phenoxy) is 1. The number of halogens is 3. The number of pyridine rings is 1. The third-order valence-corrected chi connectivity index (χ3v) is 8.25. The summed E-state index contributed by atoms with van der Waals surface area (Å²) in [5.41, 5.74) is -1.94. The minimum atomic E-state index is -4.79. The largest absolute Gasteiger partial charge is 0.490 e. The Balaban J connectivity index is 1.10. The van der Waals surface area contributed by atoms with Crippen LogP contribution in [0.3, 0.4) is 0 Å². The molecule has 0 radical (unpaired) electrons. The fourth-order valence-electron chi connectivity index (χ4n) is 6.13. The molecule has 39 heavy (non-hydrogen) atoms. The van der Waals surface area contributed by atoms with Crippen molar-refractivity contribution in [1.29, 1.82) is 0 Å². The van der Waals surface area contributed by atoms with Gasteiger partial charge >= 0.3 is 6.18 Å². The molecule has 2 aliphatic carbocycles. The van der Waals surface area contributed by atoms with Crippen LogP contribution in [0.15, 0.2) is 36.5 Å². The van der Waals surface area contributed by atoms with Crippen molar-refractivity contribution >= 4 is 17.2 Å². The lowest BCUT2D eigenvalue weighted by molar-refractivity contribution is -0.388. The number of aromatic nitrogens is 1. The summed E-state index contributed by atoms with van der Waals surface area (Å²) >= 11 is 0. The van der Waals surface area contributed by atoms with E-state index in [1.54, 1.807) is 6.20 Å². The Morgan fingerprint density at radius 1 is 1.00 bits per heavy atom. The molecule has 3 fully saturated rings. The van der Waals surface area contributed by atoms with Crippen LogP contribution in [0.4, 0.5) is 30.4 Å². The fourth-order valence-corrected chi connectivity index (χ4v) is 6.13. The van der Waals surface area contributed by atoms with Crippen molar-refractivity contribution in [2.45, 2.75) is 69.7 Å². The molecule has 2 saturated carbocycles. The van der Waals surface area contributed by atoms with Crippen LogP contribution in [0, 0.1) is 16.0 Å². The first-order chi connectivity index (χ1) is 18.7. The molecule has 8 nitrogen and oxygen atoms in total. The molecule has 11 heteroatoms. The van der Waals surface area contributed by atoms with Gasteiger partial charge in [-0.3, -0.25) is 15.0 Å². The highest BCUT2D eigenvalue weighted by molar-refractivity contribution is 5.55. The van der Waals surface area contributed by atoms with E-state index in [9.17, 15) is 23.3 Å². The molecule has 1 saturated heterocycles. The smallest absolute Gasteiger partial charge is 0.423 e. The lowest BCUT2D eigenvalue weighted by Crippen LogP contribution is -2.47. The molecule has 1 aliphatic heterocycles. The average Bonchev–Trinajstić information content (AvgIpc) is 3.43. The highest BCUT2D eigenvalue weighted by atomic mass is 19.4. The van der Waals surface area contributed by atoms with Crippen LogP contribution in [0.5, 0.6) is 5.75 Å². The van der Waals surface area contributed by atoms with Crippen molar-refractivity contribution in [3.63, 3.8) is 0 Å². The Morgan fingerprint density at radius 2 is 1.72 bits per heavy atom. The van der Waals surface area contributed by atoms with Gasteiger partial charge in [-0.1, -0.05) is 12.8 Å². The minimum absolute atomic E-state index is 0.0177. The fraction of sp³-hybridized carbons (Fsp3) is 0.607. The van der Waals surface area contributed by atoms with Crippen LogP contribution in [-0.4, -0.2) is 59.7 Å². The van der Waals surface area contributed by atoms with E-state index in [1.165, 1.54) is 38.3 Å². The van der Waals surface area contributed by atoms with E-state index in [0.29, 0.717) is 0 Å². The van der Waals surface area contributed by atoms with E-state index in [-0.39, 0.29) is 17.8 Å². The summed E-state index contributed by atoms with van der Waals surface area (Å²) in [7, 11) is 0. The molecular formula is C28H36F3N5O3. The maximum Gasteiger partial charge on any atom is 0.423 e. The van der Waals surface area contributed by atoms with E-state index in [4.69, 9.17) is 4.74 Å². The molecule has 1 aromatic heterocycles. The van der Waals surface area contributed by atoms with Gasteiger partial charge in [-0.15, -0.1) is 0 Å². The molecule has 2 aromatic rings. The Kier molecular flexibility index (Phi) is 8.44. The summed E-state index contributed by atoms with van der Waals surface area (Å²) in [5, 5.41) is 14.1. The predicted octanol–water partition coefficient (Wildman–Crippen LogP) is 6.12. The summed E-state index contributed by atoms with van der Waals surface area (Å²) in [6, 6.07) is 6.93. The van der Waals surface area contributed by atoms with Gasteiger partial charge < -0.3 is 15.0 Å². The Bertz CT molecular complexity index is 1130. The number of anilines is 2. The van der Waals surface area contributed by atoms with Gasteiger partial charge in [0.15, 0.2) is 0 Å². The normalized spacial score (nSPS) is 23.1. The summed E-state index contributed by atoms with van der Waals surface area (Å²) in [4.78, 5) is 19.5. The van der Waals surface area contributed by atoms with Crippen LogP contribution in [-0.2, 0) is 6.18 Å². The number of alkyl halides is 3. The standard InChI is InChI=1S/C28H36F3N5O3/c29-28(30,31)25-17-22(7-10-26(25)36(37)38)33-21-5-8-23(9-6-21)39-24-11-12-32-27(18-24)35-15-13-34(14-16-35)19-20-3-1-2-4-20/h7,10-12,17-18,20-21,23,33H,1-6,8-9,13-16,19H2/t21-,23-. The van der Waals surface area contributed by atoms with Crippen molar-refractivity contribution in [1.82, 2.24) is 9.88 Å². The number of hydrogen-bond acceptors (Lipinski definition) is 7. The van der Waals surface area contributed by atoms with E-state index in [0.717, 1.165) is 81.5 Å². The van der Waals surface area contributed by atoms with Gasteiger partial charge in [0, 0.05) is 62.8 Å². The zero-order valence-corrected chi connectivity index (χ0v) is 22.0. The molecule has 1 N–H and O–H groups in total. The second kappa shape index (κ2) is 12.0. The zero-order chi connectivity index (χ0) is 27.4. The molecule has 212 valence electrons. The predicted molar refractivity (Wildman–Crippen MR) is 143 cm³/mol. The minimum Gasteiger partial charge on any atom is -0.490 e. The maximum atomic E-state index is 13.3. The number of nitro benzene ring substituents is 1. The summed E-state index contributed by atoms with van der Waals surface area (Å²) < 4.78 is 46.2. The molecule has 0 unspecified atom stereocenters. The monoisotopic (exact) mass is 547 g/mol. The van der Waals surface area contributed by atoms with Crippen LogP contribution in [0.2, 0.25) is 0 Å². The summed E-state index contributed by atoms with van der Waals surface area (Å²) in [5.74, 6) is 2.58. The first-order valence-electron chi connectivity index (χ1n) is 14.0. The number of hydrogen-bond donors (Lipinski definition) is 1. The molecule has 1 aromatic carbocycles. The van der Waals surface area contributed by atoms with Gasteiger partial charge in [0.25, 0.3) is 5.69 Å². The molecular weight excluding hydrogens is 511 g/mol. The van der Waals surface area contributed by atoms with E-state index < -0.39 is 22.4 Å². The molecule has 0 spiro atoms. The number of rotatable bonds is 8. The number of nitrogens with one attached hydrogen (secondary N) is 1. The van der Waals surface area contributed by atoms with E-state index in [2.05, 4.69) is 20.1 Å². The summed E-state index contributed by atoms with van der Waals surface area (Å²) in [6.45, 7) is 5.24. The van der Waals surface area contributed by atoms with Crippen molar-refractivity contribution < 1.29 is 22.8 Å². The van der Waals surface area contributed by atoms with Crippen LogP contribution in [0.25, 0.3) is 0 Å². The van der Waals surface area contributed by atoms with Crippen molar-refractivity contribution in [3.8, 4) is 5.75 Å². The summed E-state index contributed by atoms with van der Waals surface area (Å²) in [6.07, 6.45) is 5.47. The topological polar surface area (TPSA) is 83.8 Å². The first kappa shape index (κ1) is 27.5. The molecule has 2 heterocycles. The SMILES string of the molecule is O=[N+]([O-])c1ccc(N[C@H]2CC[C@H](Oc3ccnc(N4CCN(CC5CCCC5)CC4)c3)CC2)cc1C(F)(F)F. The van der Waals surface area contributed by atoms with E-state index >= 15 is 0 Å². The van der Waals surface area contributed by atoms with Gasteiger partial charge in [0.05, 0.1) is 11.0 Å². The molecule has 0 atom stereocenters. The molecule has 0 bridgehead atoms. The van der Waals surface area contributed by atoms with Gasteiger partial charge in [0.2, 0.25) is 0 Å². The Labute approximate surface area is 226 Å². The third kappa shape index (κ3) is 7.12. The van der Waals surface area contributed by atoms with Crippen molar-refractivity contribution in [3.05, 3.63) is 52.2 Å². The van der Waals surface area contributed by atoms with Crippen LogP contribution >= 0.6 is 0 Å². The Morgan fingerprint density at radius 3 is 2.38 bits per heavy atom. The second-order valence-electron chi connectivity index (χ2n) is 11.0. The lowest BCUT2D eigenvalue weighted by atomic mass is 9.92. The first-order valence-corrected chi connectivity index (χ1v) is 14.0. The number of nitrogens with zero attached hydrogens (tertiary/aromatic N) is 4. The number of piperazine rings is 1. The van der Waals surface area contributed by atoms with E-state index in [1.807, 2.05) is 12.1 Å². The highest BCUT2D eigenvalue weighted by Gasteiger charge is 2.38. The van der Waals surface area contributed by atoms with Crippen molar-refractivity contribution in [2.24, 2.45) is 5.92 Å². The molecule has 5 rings (SSSR count). The lowest BCUT2D eigenvalue weighted by Gasteiger charge is -2.36. The van der Waals surface area contributed by atoms with Crippen molar-refractivity contribution in [2.75, 3.05) is 42.9 Å². The van der Waals surface area contributed by atoms with Gasteiger partial charge in [-0.2, -0.15) is 13.2 Å². The number of benzene rings is 1. The second-order valence-corrected chi connectivity index (χ2v) is 11.0. The quantitative estimate of drug-likeness (QED) is 0.315. The maximum absolute atomic E-state index is 13.3. The van der Waals surface area contributed by atoms with Crippen LogP contribution in [0.1, 0.15) is 56.9 Å². The third-order valence-electron chi connectivity index (χ3n) is 8.25. The van der Waals surface area contributed by atoms with Crippen LogP contribution < -0.4 is 15.0 Å². The van der Waals surface area contributed by atoms with Gasteiger partial charge in [-0.05, 0) is 62.6 Å². The zero-order valence-electron chi connectivity index (χ0n) is 22.0. The highest BCUT2D eigenvalue weighted by Crippen LogP contribution is 2.38. The number of nitro groups is 1. The average molecular weight is 548 g/mol.